The predicted octanol–water partition coefficient (Wildman–Crippen LogP) is 0.752. The van der Waals surface area contributed by atoms with E-state index >= 15 is 0 Å². The maximum Gasteiger partial charge on any atom is 0.326 e. The van der Waals surface area contributed by atoms with Crippen LogP contribution in [-0.2, 0) is 14.4 Å². The molecule has 0 fully saturated rings. The van der Waals surface area contributed by atoms with Gasteiger partial charge in [0.15, 0.2) is 0 Å². The minimum Gasteiger partial charge on any atom is -0.496 e. The number of para-hydroxylation sites is 1. The molecule has 1 rings (SSSR count). The molecular formula is C14H15NO6. The first-order valence-electron chi connectivity index (χ1n) is 6.00. The van der Waals surface area contributed by atoms with E-state index in [0.717, 1.165) is 6.08 Å². The van der Waals surface area contributed by atoms with Gasteiger partial charge in [0.2, 0.25) is 5.91 Å². The highest BCUT2D eigenvalue weighted by atomic mass is 16.5. The van der Waals surface area contributed by atoms with Crippen molar-refractivity contribution >= 4 is 23.9 Å². The summed E-state index contributed by atoms with van der Waals surface area (Å²) in [7, 11) is 1.49. The Labute approximate surface area is 120 Å². The summed E-state index contributed by atoms with van der Waals surface area (Å²) >= 11 is 0. The topological polar surface area (TPSA) is 113 Å². The van der Waals surface area contributed by atoms with E-state index in [-0.39, 0.29) is 0 Å². The minimum atomic E-state index is -1.47. The summed E-state index contributed by atoms with van der Waals surface area (Å²) in [5.41, 5.74) is 0.639. The van der Waals surface area contributed by atoms with Crippen LogP contribution in [-0.4, -0.2) is 41.2 Å². The number of ether oxygens (including phenoxy) is 1. The van der Waals surface area contributed by atoms with Gasteiger partial charge in [-0.3, -0.25) is 9.59 Å². The van der Waals surface area contributed by atoms with Gasteiger partial charge in [0.25, 0.3) is 0 Å². The molecule has 0 radical (unpaired) electrons. The first-order valence-corrected chi connectivity index (χ1v) is 6.00. The lowest BCUT2D eigenvalue weighted by molar-refractivity contribution is -0.146. The normalized spacial score (nSPS) is 11.9. The Bertz CT molecular complexity index is 566. The molecule has 0 spiro atoms. The third-order valence-corrected chi connectivity index (χ3v) is 2.55. The summed E-state index contributed by atoms with van der Waals surface area (Å²) in [6.45, 7) is 0. The number of methoxy groups -OCH3 is 1. The van der Waals surface area contributed by atoms with E-state index in [2.05, 4.69) is 5.32 Å². The fourth-order valence-electron chi connectivity index (χ4n) is 1.56. The van der Waals surface area contributed by atoms with Gasteiger partial charge in [-0.25, -0.2) is 4.79 Å². The molecule has 0 heterocycles. The monoisotopic (exact) mass is 293 g/mol. The third kappa shape index (κ3) is 5.35. The van der Waals surface area contributed by atoms with Gasteiger partial charge >= 0.3 is 11.9 Å². The van der Waals surface area contributed by atoms with Crippen molar-refractivity contribution in [1.82, 2.24) is 5.32 Å². The number of carbonyl (C=O) groups excluding carboxylic acids is 1. The summed E-state index contributed by atoms with van der Waals surface area (Å²) in [6, 6.07) is 5.47. The van der Waals surface area contributed by atoms with E-state index < -0.39 is 30.3 Å². The van der Waals surface area contributed by atoms with Gasteiger partial charge in [-0.2, -0.15) is 0 Å². The van der Waals surface area contributed by atoms with Gasteiger partial charge in [-0.05, 0) is 12.1 Å². The second-order valence-electron chi connectivity index (χ2n) is 4.07. The number of carboxylic acids is 2. The van der Waals surface area contributed by atoms with Gasteiger partial charge in [0.05, 0.1) is 13.5 Å². The highest BCUT2D eigenvalue weighted by Crippen LogP contribution is 2.18. The Kier molecular flexibility index (Phi) is 5.94. The molecule has 0 aliphatic rings. The van der Waals surface area contributed by atoms with Crippen LogP contribution in [0.5, 0.6) is 5.75 Å². The lowest BCUT2D eigenvalue weighted by Gasteiger charge is -2.10. The lowest BCUT2D eigenvalue weighted by atomic mass is 10.1. The first kappa shape index (κ1) is 16.2. The smallest absolute Gasteiger partial charge is 0.326 e. The van der Waals surface area contributed by atoms with Gasteiger partial charge < -0.3 is 20.3 Å². The molecule has 0 unspecified atom stereocenters. The molecule has 0 saturated carbocycles. The maximum absolute atomic E-state index is 11.6. The number of carboxylic acid groups (broad SMARTS) is 2. The number of hydrogen-bond acceptors (Lipinski definition) is 4. The summed E-state index contributed by atoms with van der Waals surface area (Å²) in [5.74, 6) is -2.86. The molecule has 0 saturated heterocycles. The minimum absolute atomic E-state index is 0.557. The zero-order chi connectivity index (χ0) is 15.8. The fraction of sp³-hybridized carbons (Fsp3) is 0.214. The molecule has 1 aromatic carbocycles. The van der Waals surface area contributed by atoms with E-state index in [9.17, 15) is 14.4 Å². The predicted molar refractivity (Wildman–Crippen MR) is 73.8 cm³/mol. The molecule has 1 aromatic rings. The molecule has 21 heavy (non-hydrogen) atoms. The molecule has 0 bridgehead atoms. The zero-order valence-corrected chi connectivity index (χ0v) is 11.3. The zero-order valence-electron chi connectivity index (χ0n) is 11.3. The number of amides is 1. The Hall–Kier alpha value is -2.83. The van der Waals surface area contributed by atoms with Crippen molar-refractivity contribution in [3.8, 4) is 5.75 Å². The molecule has 0 aliphatic carbocycles. The second-order valence-corrected chi connectivity index (χ2v) is 4.07. The van der Waals surface area contributed by atoms with Crippen molar-refractivity contribution in [3.05, 3.63) is 35.9 Å². The van der Waals surface area contributed by atoms with Crippen molar-refractivity contribution in [2.45, 2.75) is 12.5 Å². The van der Waals surface area contributed by atoms with Gasteiger partial charge in [0.1, 0.15) is 11.8 Å². The number of hydrogen-bond donors (Lipinski definition) is 3. The van der Waals surface area contributed by atoms with Crippen LogP contribution in [0.1, 0.15) is 12.0 Å². The van der Waals surface area contributed by atoms with Crippen LogP contribution < -0.4 is 10.1 Å². The second kappa shape index (κ2) is 7.68. The third-order valence-electron chi connectivity index (χ3n) is 2.55. The number of benzene rings is 1. The van der Waals surface area contributed by atoms with Gasteiger partial charge in [-0.1, -0.05) is 18.2 Å². The first-order chi connectivity index (χ1) is 9.93. The summed E-state index contributed by atoms with van der Waals surface area (Å²) in [4.78, 5) is 32.9. The number of rotatable bonds is 7. The van der Waals surface area contributed by atoms with Crippen molar-refractivity contribution < 1.29 is 29.3 Å². The lowest BCUT2D eigenvalue weighted by Crippen LogP contribution is -2.41. The SMILES string of the molecule is COc1ccccc1/C=C/C(=O)N[C@@H](CC(=O)O)C(=O)O. The highest BCUT2D eigenvalue weighted by Gasteiger charge is 2.21. The molecular weight excluding hydrogens is 278 g/mol. The average molecular weight is 293 g/mol. The standard InChI is InChI=1S/C14H15NO6/c1-21-11-5-3-2-4-9(11)6-7-12(16)15-10(14(19)20)8-13(17)18/h2-7,10H,8H2,1H3,(H,15,16)(H,17,18)(H,19,20)/b7-6+/t10-/m0/s1. The van der Waals surface area contributed by atoms with Crippen LogP contribution in [0.3, 0.4) is 0 Å². The molecule has 0 aliphatic heterocycles. The van der Waals surface area contributed by atoms with Crippen molar-refractivity contribution in [2.75, 3.05) is 7.11 Å². The van der Waals surface area contributed by atoms with E-state index in [1.165, 1.54) is 13.2 Å². The van der Waals surface area contributed by atoms with E-state index in [1.54, 1.807) is 24.3 Å². The van der Waals surface area contributed by atoms with Gasteiger partial charge in [-0.15, -0.1) is 0 Å². The quantitative estimate of drug-likeness (QED) is 0.639. The van der Waals surface area contributed by atoms with Gasteiger partial charge in [0, 0.05) is 11.6 Å². The largest absolute Gasteiger partial charge is 0.496 e. The number of aliphatic carboxylic acids is 2. The maximum atomic E-state index is 11.6. The summed E-state index contributed by atoms with van der Waals surface area (Å²) in [6.07, 6.45) is 1.88. The van der Waals surface area contributed by atoms with Crippen LogP contribution >= 0.6 is 0 Å². The Balaban J connectivity index is 2.73. The summed E-state index contributed by atoms with van der Waals surface area (Å²) < 4.78 is 5.09. The molecule has 7 nitrogen and oxygen atoms in total. The Morgan fingerprint density at radius 3 is 2.52 bits per heavy atom. The summed E-state index contributed by atoms with van der Waals surface area (Å²) in [5, 5.41) is 19.5. The fourth-order valence-corrected chi connectivity index (χ4v) is 1.56. The molecule has 3 N–H and O–H groups in total. The molecule has 1 amide bonds. The van der Waals surface area contributed by atoms with Crippen LogP contribution in [0, 0.1) is 0 Å². The van der Waals surface area contributed by atoms with Crippen LogP contribution in [0.15, 0.2) is 30.3 Å². The van der Waals surface area contributed by atoms with E-state index in [0.29, 0.717) is 11.3 Å². The van der Waals surface area contributed by atoms with Crippen molar-refractivity contribution in [1.29, 1.82) is 0 Å². The average Bonchev–Trinajstić information content (AvgIpc) is 2.44. The molecule has 0 aromatic heterocycles. The highest BCUT2D eigenvalue weighted by molar-refractivity contribution is 5.95. The van der Waals surface area contributed by atoms with Crippen molar-refractivity contribution in [3.63, 3.8) is 0 Å². The molecule has 1 atom stereocenters. The molecule has 7 heteroatoms. The Morgan fingerprint density at radius 2 is 1.95 bits per heavy atom. The number of carbonyl (C=O) groups is 3. The van der Waals surface area contributed by atoms with E-state index in [1.807, 2.05) is 0 Å². The van der Waals surface area contributed by atoms with Crippen LogP contribution in [0.25, 0.3) is 6.08 Å². The number of nitrogens with one attached hydrogen (secondary N) is 1. The van der Waals surface area contributed by atoms with Crippen molar-refractivity contribution in [2.24, 2.45) is 0 Å². The Morgan fingerprint density at radius 1 is 1.29 bits per heavy atom. The van der Waals surface area contributed by atoms with Crippen LogP contribution in [0.4, 0.5) is 0 Å². The molecule has 112 valence electrons. The van der Waals surface area contributed by atoms with E-state index in [4.69, 9.17) is 14.9 Å². The van der Waals surface area contributed by atoms with Crippen LogP contribution in [0.2, 0.25) is 0 Å².